The minimum absolute atomic E-state index is 0.138. The van der Waals surface area contributed by atoms with Crippen LogP contribution < -0.4 is 10.5 Å². The summed E-state index contributed by atoms with van der Waals surface area (Å²) in [4.78, 5) is 32.1. The lowest BCUT2D eigenvalue weighted by molar-refractivity contribution is 0.246. The number of rotatable bonds is 6. The highest BCUT2D eigenvalue weighted by Gasteiger charge is 2.24. The van der Waals surface area contributed by atoms with Crippen molar-refractivity contribution in [1.29, 1.82) is 0 Å². The van der Waals surface area contributed by atoms with Crippen molar-refractivity contribution in [2.24, 2.45) is 0 Å². The molecule has 3 aromatic rings. The van der Waals surface area contributed by atoms with Crippen LogP contribution in [0.15, 0.2) is 29.3 Å². The van der Waals surface area contributed by atoms with Crippen molar-refractivity contribution in [3.63, 3.8) is 0 Å². The lowest BCUT2D eigenvalue weighted by Gasteiger charge is -2.35. The average molecular weight is 453 g/mol. The first-order chi connectivity index (χ1) is 15.6. The molecule has 0 atom stereocenters. The van der Waals surface area contributed by atoms with Gasteiger partial charge in [-0.3, -0.25) is 19.2 Å². The van der Waals surface area contributed by atoms with Crippen LogP contribution >= 0.6 is 11.3 Å². The quantitative estimate of drug-likeness (QED) is 0.573. The number of anilines is 1. The van der Waals surface area contributed by atoms with Gasteiger partial charge in [-0.15, -0.1) is 11.3 Å². The van der Waals surface area contributed by atoms with Gasteiger partial charge in [0.2, 0.25) is 0 Å². The molecule has 8 heteroatoms. The second-order valence-electron chi connectivity index (χ2n) is 8.92. The lowest BCUT2D eigenvalue weighted by Crippen LogP contribution is -2.47. The first kappa shape index (κ1) is 21.6. The summed E-state index contributed by atoms with van der Waals surface area (Å²) in [5.74, 6) is 1.07. The van der Waals surface area contributed by atoms with Gasteiger partial charge in [0.25, 0.3) is 5.56 Å². The number of thiophene rings is 1. The van der Waals surface area contributed by atoms with Gasteiger partial charge in [0.1, 0.15) is 10.6 Å². The van der Waals surface area contributed by atoms with Crippen LogP contribution in [0, 0.1) is 6.92 Å². The Morgan fingerprint density at radius 2 is 1.88 bits per heavy atom. The number of nitrogens with zero attached hydrogens (tertiary/aromatic N) is 6. The average Bonchev–Trinajstić information content (AvgIpc) is 3.18. The second-order valence-corrected chi connectivity index (χ2v) is 10.0. The maximum absolute atomic E-state index is 13.3. The van der Waals surface area contributed by atoms with Crippen molar-refractivity contribution in [1.82, 2.24) is 24.3 Å². The highest BCUT2D eigenvalue weighted by molar-refractivity contribution is 7.18. The largest absolute Gasteiger partial charge is 0.354 e. The fourth-order valence-electron chi connectivity index (χ4n) is 4.89. The first-order valence-electron chi connectivity index (χ1n) is 11.8. The van der Waals surface area contributed by atoms with E-state index in [2.05, 4.69) is 43.7 Å². The van der Waals surface area contributed by atoms with Crippen LogP contribution in [0.25, 0.3) is 10.2 Å². The maximum atomic E-state index is 13.3. The lowest BCUT2D eigenvalue weighted by atomic mass is 10.1. The number of fused-ring (bicyclic) bond motifs is 3. The van der Waals surface area contributed by atoms with Gasteiger partial charge in [0, 0.05) is 62.9 Å². The maximum Gasteiger partial charge on any atom is 0.262 e. The Morgan fingerprint density at radius 1 is 1.03 bits per heavy atom. The van der Waals surface area contributed by atoms with E-state index in [0.29, 0.717) is 6.54 Å². The molecule has 1 saturated heterocycles. The van der Waals surface area contributed by atoms with Crippen molar-refractivity contribution >= 4 is 27.4 Å². The molecule has 0 aliphatic carbocycles. The Labute approximate surface area is 193 Å². The summed E-state index contributed by atoms with van der Waals surface area (Å²) in [5, 5.41) is 0.874. The fourth-order valence-corrected chi connectivity index (χ4v) is 6.11. The van der Waals surface area contributed by atoms with Gasteiger partial charge < -0.3 is 4.90 Å². The molecule has 0 unspecified atom stereocenters. The van der Waals surface area contributed by atoms with Crippen LogP contribution in [0.5, 0.6) is 0 Å². The number of pyridine rings is 1. The molecule has 2 aliphatic rings. The van der Waals surface area contributed by atoms with Crippen LogP contribution in [-0.2, 0) is 19.5 Å². The van der Waals surface area contributed by atoms with Gasteiger partial charge in [0.05, 0.1) is 11.7 Å². The highest BCUT2D eigenvalue weighted by Crippen LogP contribution is 2.32. The molecule has 2 aliphatic heterocycles. The first-order valence-corrected chi connectivity index (χ1v) is 12.6. The number of aromatic nitrogens is 3. The SMILES string of the molecule is CCCN1CCc2c(sc3ncn(CCN4CCN(c5cccc(C)n5)CC4)c(=O)c23)C1. The number of hydrogen-bond acceptors (Lipinski definition) is 7. The van der Waals surface area contributed by atoms with E-state index < -0.39 is 0 Å². The normalized spacial score (nSPS) is 17.8. The third-order valence-electron chi connectivity index (χ3n) is 6.67. The zero-order chi connectivity index (χ0) is 22.1. The molecule has 0 spiro atoms. The molecule has 1 fully saturated rings. The molecule has 0 bridgehead atoms. The van der Waals surface area contributed by atoms with Gasteiger partial charge in [-0.25, -0.2) is 9.97 Å². The number of hydrogen-bond donors (Lipinski definition) is 0. The van der Waals surface area contributed by atoms with Crippen LogP contribution in [0.2, 0.25) is 0 Å². The minimum Gasteiger partial charge on any atom is -0.354 e. The predicted molar refractivity (Wildman–Crippen MR) is 131 cm³/mol. The zero-order valence-corrected chi connectivity index (χ0v) is 19.9. The summed E-state index contributed by atoms with van der Waals surface area (Å²) >= 11 is 1.71. The van der Waals surface area contributed by atoms with Crippen molar-refractivity contribution in [3.8, 4) is 0 Å². The van der Waals surface area contributed by atoms with E-state index in [1.54, 1.807) is 17.7 Å². The summed E-state index contributed by atoms with van der Waals surface area (Å²) in [7, 11) is 0. The molecule has 5 heterocycles. The molecule has 7 nitrogen and oxygen atoms in total. The van der Waals surface area contributed by atoms with Crippen LogP contribution in [0.1, 0.15) is 29.5 Å². The van der Waals surface area contributed by atoms with E-state index in [4.69, 9.17) is 0 Å². The summed E-state index contributed by atoms with van der Waals surface area (Å²) in [6.45, 7) is 12.9. The minimum atomic E-state index is 0.138. The zero-order valence-electron chi connectivity index (χ0n) is 19.1. The van der Waals surface area contributed by atoms with Crippen LogP contribution in [0.3, 0.4) is 0 Å². The molecule has 3 aromatic heterocycles. The van der Waals surface area contributed by atoms with Gasteiger partial charge in [-0.2, -0.15) is 0 Å². The van der Waals surface area contributed by atoms with Crippen LogP contribution in [-0.4, -0.2) is 70.1 Å². The third-order valence-corrected chi connectivity index (χ3v) is 7.80. The molecule has 0 radical (unpaired) electrons. The van der Waals surface area contributed by atoms with Crippen molar-refractivity contribution < 1.29 is 0 Å². The summed E-state index contributed by atoms with van der Waals surface area (Å²) in [6, 6.07) is 6.20. The van der Waals surface area contributed by atoms with Crippen molar-refractivity contribution in [3.05, 3.63) is 51.0 Å². The van der Waals surface area contributed by atoms with E-state index in [1.807, 2.05) is 17.6 Å². The summed E-state index contributed by atoms with van der Waals surface area (Å²) < 4.78 is 1.82. The van der Waals surface area contributed by atoms with Crippen molar-refractivity contribution in [2.45, 2.75) is 39.8 Å². The smallest absolute Gasteiger partial charge is 0.262 e. The second kappa shape index (κ2) is 9.29. The Bertz CT molecular complexity index is 1150. The fraction of sp³-hybridized carbons (Fsp3) is 0.542. The molecule has 5 rings (SSSR count). The molecule has 0 saturated carbocycles. The van der Waals surface area contributed by atoms with Gasteiger partial charge in [-0.05, 0) is 44.0 Å². The molecular weight excluding hydrogens is 420 g/mol. The van der Waals surface area contributed by atoms with E-state index in [9.17, 15) is 4.79 Å². The Hall–Kier alpha value is -2.29. The number of aryl methyl sites for hydroxylation is 1. The topological polar surface area (TPSA) is 57.5 Å². The molecule has 170 valence electrons. The van der Waals surface area contributed by atoms with E-state index >= 15 is 0 Å². The molecule has 0 amide bonds. The third kappa shape index (κ3) is 4.31. The molecular formula is C24H32N6OS. The number of piperazine rings is 1. The van der Waals surface area contributed by atoms with Gasteiger partial charge in [0.15, 0.2) is 0 Å². The Kier molecular flexibility index (Phi) is 6.26. The van der Waals surface area contributed by atoms with E-state index in [1.165, 1.54) is 16.9 Å². The van der Waals surface area contributed by atoms with E-state index in [0.717, 1.165) is 80.5 Å². The summed E-state index contributed by atoms with van der Waals surface area (Å²) in [5.41, 5.74) is 2.45. The van der Waals surface area contributed by atoms with Crippen molar-refractivity contribution in [2.75, 3.05) is 50.7 Å². The highest BCUT2D eigenvalue weighted by atomic mass is 32.1. The molecule has 0 N–H and O–H groups in total. The van der Waals surface area contributed by atoms with Crippen LogP contribution in [0.4, 0.5) is 5.82 Å². The Morgan fingerprint density at radius 3 is 2.66 bits per heavy atom. The standard InChI is InChI=1S/C24H32N6OS/c1-3-8-28-9-7-19-20(16-28)32-23-22(19)24(31)30(17-25-23)15-12-27-10-13-29(14-11-27)21-6-4-5-18(2)26-21/h4-6,17H,3,7-16H2,1-2H3. The summed E-state index contributed by atoms with van der Waals surface area (Å²) in [6.07, 6.45) is 3.88. The van der Waals surface area contributed by atoms with Gasteiger partial charge >= 0.3 is 0 Å². The predicted octanol–water partition coefficient (Wildman–Crippen LogP) is 2.75. The van der Waals surface area contributed by atoms with E-state index in [-0.39, 0.29) is 5.56 Å². The monoisotopic (exact) mass is 452 g/mol. The molecule has 0 aromatic carbocycles. The van der Waals surface area contributed by atoms with Gasteiger partial charge in [-0.1, -0.05) is 13.0 Å². The molecule has 32 heavy (non-hydrogen) atoms. The Balaban J connectivity index is 1.24.